The second-order valence-electron chi connectivity index (χ2n) is 7.55. The second kappa shape index (κ2) is 7.58. The lowest BCUT2D eigenvalue weighted by Crippen LogP contribution is -2.37. The molecule has 0 radical (unpaired) electrons. The molecule has 2 aliphatic rings. The summed E-state index contributed by atoms with van der Waals surface area (Å²) in [7, 11) is 1.94. The van der Waals surface area contributed by atoms with Gasteiger partial charge >= 0.3 is 0 Å². The predicted octanol–water partition coefficient (Wildman–Crippen LogP) is 2.30. The Balaban J connectivity index is 1.45. The Morgan fingerprint density at radius 3 is 2.85 bits per heavy atom. The van der Waals surface area contributed by atoms with Crippen LogP contribution in [0.15, 0.2) is 30.7 Å². The van der Waals surface area contributed by atoms with Gasteiger partial charge in [-0.05, 0) is 36.0 Å². The minimum atomic E-state index is -0.0566. The number of pyridine rings is 1. The molecule has 4 rings (SSSR count). The summed E-state index contributed by atoms with van der Waals surface area (Å²) in [6, 6.07) is 3.43. The first-order chi connectivity index (χ1) is 13.0. The van der Waals surface area contributed by atoms with Gasteiger partial charge in [0.25, 0.3) is 0 Å². The molecule has 7 nitrogen and oxygen atoms in total. The highest BCUT2D eigenvalue weighted by Crippen LogP contribution is 2.49. The molecule has 8 heteroatoms. The third-order valence-corrected chi connectivity index (χ3v) is 5.92. The van der Waals surface area contributed by atoms with Gasteiger partial charge in [0.05, 0.1) is 17.8 Å². The van der Waals surface area contributed by atoms with E-state index in [-0.39, 0.29) is 11.3 Å². The van der Waals surface area contributed by atoms with Crippen molar-refractivity contribution in [3.05, 3.63) is 41.3 Å². The Morgan fingerprint density at radius 1 is 1.37 bits per heavy atom. The number of nitrogens with zero attached hydrogens (tertiary/aromatic N) is 4. The molecule has 2 fully saturated rings. The van der Waals surface area contributed by atoms with Crippen LogP contribution in [0.3, 0.4) is 0 Å². The molecule has 2 aromatic rings. The molecular formula is C19H24ClN5O2. The van der Waals surface area contributed by atoms with Crippen LogP contribution in [0.4, 0.5) is 5.82 Å². The fourth-order valence-corrected chi connectivity index (χ4v) is 4.50. The smallest absolute Gasteiger partial charge is 0.239 e. The Kier molecular flexibility index (Phi) is 5.16. The van der Waals surface area contributed by atoms with Gasteiger partial charge in [-0.25, -0.2) is 4.98 Å². The largest absolute Gasteiger partial charge is 0.381 e. The van der Waals surface area contributed by atoms with Gasteiger partial charge in [-0.1, -0.05) is 11.6 Å². The topological polar surface area (TPSA) is 72.3 Å². The molecule has 0 saturated carbocycles. The van der Waals surface area contributed by atoms with Crippen molar-refractivity contribution in [3.8, 4) is 0 Å². The third-order valence-electron chi connectivity index (χ3n) is 5.70. The van der Waals surface area contributed by atoms with Gasteiger partial charge < -0.3 is 10.1 Å². The van der Waals surface area contributed by atoms with Crippen LogP contribution in [0.2, 0.25) is 5.02 Å². The highest BCUT2D eigenvalue weighted by atomic mass is 35.5. The maximum absolute atomic E-state index is 12.5. The lowest BCUT2D eigenvalue weighted by molar-refractivity contribution is -0.117. The van der Waals surface area contributed by atoms with Crippen LogP contribution in [0.25, 0.3) is 0 Å². The van der Waals surface area contributed by atoms with Crippen LogP contribution in [-0.4, -0.2) is 58.4 Å². The van der Waals surface area contributed by atoms with Crippen molar-refractivity contribution < 1.29 is 9.53 Å². The van der Waals surface area contributed by atoms with Crippen molar-refractivity contribution in [2.24, 2.45) is 12.5 Å². The molecule has 1 amide bonds. The van der Waals surface area contributed by atoms with Gasteiger partial charge in [-0.3, -0.25) is 14.4 Å². The summed E-state index contributed by atoms with van der Waals surface area (Å²) >= 11 is 5.84. The fourth-order valence-electron chi connectivity index (χ4n) is 4.39. The van der Waals surface area contributed by atoms with Crippen LogP contribution in [0, 0.1) is 5.41 Å². The van der Waals surface area contributed by atoms with E-state index < -0.39 is 0 Å². The summed E-state index contributed by atoms with van der Waals surface area (Å²) < 4.78 is 7.46. The van der Waals surface area contributed by atoms with Crippen LogP contribution < -0.4 is 5.32 Å². The number of hydrogen-bond donors (Lipinski definition) is 1. The number of likely N-dealkylation sites (tertiary alicyclic amines) is 1. The molecule has 1 unspecified atom stereocenters. The lowest BCUT2D eigenvalue weighted by atomic mass is 9.70. The van der Waals surface area contributed by atoms with E-state index in [0.29, 0.717) is 23.3 Å². The molecule has 2 aliphatic heterocycles. The zero-order valence-electron chi connectivity index (χ0n) is 15.4. The van der Waals surface area contributed by atoms with Crippen molar-refractivity contribution >= 4 is 23.3 Å². The van der Waals surface area contributed by atoms with Crippen molar-refractivity contribution in [1.82, 2.24) is 19.7 Å². The molecule has 0 aliphatic carbocycles. The highest BCUT2D eigenvalue weighted by molar-refractivity contribution is 6.30. The molecule has 2 saturated heterocycles. The highest BCUT2D eigenvalue weighted by Gasteiger charge is 2.48. The number of anilines is 1. The first kappa shape index (κ1) is 18.4. The number of ether oxygens (including phenoxy) is 1. The van der Waals surface area contributed by atoms with E-state index in [0.717, 1.165) is 39.1 Å². The number of aryl methyl sites for hydroxylation is 1. The Morgan fingerprint density at radius 2 is 2.19 bits per heavy atom. The summed E-state index contributed by atoms with van der Waals surface area (Å²) in [6.45, 7) is 3.67. The maximum atomic E-state index is 12.5. The zero-order chi connectivity index (χ0) is 18.9. The summed E-state index contributed by atoms with van der Waals surface area (Å²) in [5.41, 5.74) is 1.40. The molecule has 2 aromatic heterocycles. The number of carbonyl (C=O) groups excluding carboxylic acids is 1. The average Bonchev–Trinajstić information content (AvgIpc) is 3.21. The van der Waals surface area contributed by atoms with Crippen LogP contribution in [0.1, 0.15) is 24.3 Å². The third kappa shape index (κ3) is 4.00. The maximum Gasteiger partial charge on any atom is 0.239 e. The Hall–Kier alpha value is -1.96. The van der Waals surface area contributed by atoms with Crippen molar-refractivity contribution in [3.63, 3.8) is 0 Å². The molecule has 1 N–H and O–H groups in total. The normalized spacial score (nSPS) is 22.2. The molecular weight excluding hydrogens is 366 g/mol. The van der Waals surface area contributed by atoms with Gasteiger partial charge in [-0.2, -0.15) is 5.10 Å². The monoisotopic (exact) mass is 389 g/mol. The SMILES string of the molecule is Cn1cc(C2CN(CC(=O)Nc3ccc(Cl)cn3)CC23CCOCC3)cn1. The minimum absolute atomic E-state index is 0.0566. The standard InChI is InChI=1S/C19H24ClN5O2/c1-24-10-14(8-22-24)16-11-25(13-19(16)4-6-27-7-5-19)12-18(26)23-17-3-2-15(20)9-21-17/h2-3,8-10,16H,4-7,11-13H2,1H3,(H,21,23,26). The van der Waals surface area contributed by atoms with Crippen LogP contribution in [0.5, 0.6) is 0 Å². The number of carbonyl (C=O) groups is 1. The van der Waals surface area contributed by atoms with E-state index in [1.54, 1.807) is 12.1 Å². The molecule has 144 valence electrons. The van der Waals surface area contributed by atoms with Gasteiger partial charge in [0.15, 0.2) is 0 Å². The molecule has 1 spiro atoms. The summed E-state index contributed by atoms with van der Waals surface area (Å²) in [4.78, 5) is 18.9. The number of nitrogens with one attached hydrogen (secondary N) is 1. The Bertz CT molecular complexity index is 801. The zero-order valence-corrected chi connectivity index (χ0v) is 16.2. The molecule has 0 aromatic carbocycles. The number of rotatable bonds is 4. The van der Waals surface area contributed by atoms with Crippen molar-refractivity contribution in [2.75, 3.05) is 38.2 Å². The van der Waals surface area contributed by atoms with E-state index in [1.807, 2.05) is 17.9 Å². The van der Waals surface area contributed by atoms with Crippen LogP contribution >= 0.6 is 11.6 Å². The number of hydrogen-bond acceptors (Lipinski definition) is 5. The second-order valence-corrected chi connectivity index (χ2v) is 7.99. The summed E-state index contributed by atoms with van der Waals surface area (Å²) in [5.74, 6) is 0.837. The van der Waals surface area contributed by atoms with Gasteiger partial charge in [0.1, 0.15) is 5.82 Å². The lowest BCUT2D eigenvalue weighted by Gasteiger charge is -2.38. The van der Waals surface area contributed by atoms with Gasteiger partial charge in [-0.15, -0.1) is 0 Å². The van der Waals surface area contributed by atoms with E-state index in [9.17, 15) is 4.79 Å². The van der Waals surface area contributed by atoms with Crippen molar-refractivity contribution in [2.45, 2.75) is 18.8 Å². The minimum Gasteiger partial charge on any atom is -0.381 e. The first-order valence-corrected chi connectivity index (χ1v) is 9.62. The summed E-state index contributed by atoms with van der Waals surface area (Å²) in [5, 5.41) is 7.76. The quantitative estimate of drug-likeness (QED) is 0.868. The van der Waals surface area contributed by atoms with E-state index >= 15 is 0 Å². The molecule has 4 heterocycles. The van der Waals surface area contributed by atoms with Crippen LogP contribution in [-0.2, 0) is 16.6 Å². The van der Waals surface area contributed by atoms with Crippen molar-refractivity contribution in [1.29, 1.82) is 0 Å². The fraction of sp³-hybridized carbons (Fsp3) is 0.526. The van der Waals surface area contributed by atoms with Gasteiger partial charge in [0.2, 0.25) is 5.91 Å². The van der Waals surface area contributed by atoms with Gasteiger partial charge in [0, 0.05) is 51.7 Å². The molecule has 0 bridgehead atoms. The first-order valence-electron chi connectivity index (χ1n) is 9.24. The molecule has 27 heavy (non-hydrogen) atoms. The number of halogens is 1. The average molecular weight is 390 g/mol. The Labute approximate surface area is 163 Å². The number of aromatic nitrogens is 3. The van der Waals surface area contributed by atoms with E-state index in [2.05, 4.69) is 26.5 Å². The molecule has 1 atom stereocenters. The van der Waals surface area contributed by atoms with E-state index in [1.165, 1.54) is 11.8 Å². The summed E-state index contributed by atoms with van der Waals surface area (Å²) in [6.07, 6.45) is 7.63. The number of amides is 1. The van der Waals surface area contributed by atoms with E-state index in [4.69, 9.17) is 16.3 Å². The predicted molar refractivity (Wildman–Crippen MR) is 103 cm³/mol.